The number of nitrogens with one attached hydrogen (secondary N) is 1. The molecule has 3 atom stereocenters. The van der Waals surface area contributed by atoms with Crippen molar-refractivity contribution in [2.45, 2.75) is 44.0 Å². The van der Waals surface area contributed by atoms with Gasteiger partial charge >= 0.3 is 0 Å². The summed E-state index contributed by atoms with van der Waals surface area (Å²) >= 11 is 1.72. The summed E-state index contributed by atoms with van der Waals surface area (Å²) in [5.74, 6) is 0. The van der Waals surface area contributed by atoms with Crippen LogP contribution in [0.25, 0.3) is 0 Å². The molecular weight excluding hydrogens is 242 g/mol. The SMILES string of the molecule is CCCC(NC(C)C(CO)SC)c1ccccc1. The van der Waals surface area contributed by atoms with Gasteiger partial charge in [-0.15, -0.1) is 0 Å². The summed E-state index contributed by atoms with van der Waals surface area (Å²) in [7, 11) is 0. The van der Waals surface area contributed by atoms with Gasteiger partial charge in [-0.25, -0.2) is 0 Å². The summed E-state index contributed by atoms with van der Waals surface area (Å²) < 4.78 is 0. The quantitative estimate of drug-likeness (QED) is 0.758. The van der Waals surface area contributed by atoms with E-state index < -0.39 is 0 Å². The largest absolute Gasteiger partial charge is 0.395 e. The minimum atomic E-state index is 0.225. The second kappa shape index (κ2) is 8.57. The smallest absolute Gasteiger partial charge is 0.0564 e. The Kier molecular flexibility index (Phi) is 7.40. The van der Waals surface area contributed by atoms with Gasteiger partial charge in [-0.05, 0) is 25.2 Å². The standard InChI is InChI=1S/C15H25NOS/c1-4-8-14(13-9-6-5-7-10-13)16-12(2)15(11-17)18-3/h5-7,9-10,12,14-17H,4,8,11H2,1-3H3. The highest BCUT2D eigenvalue weighted by atomic mass is 32.2. The van der Waals surface area contributed by atoms with Crippen LogP contribution in [0.15, 0.2) is 30.3 Å². The van der Waals surface area contributed by atoms with Crippen LogP contribution in [0.3, 0.4) is 0 Å². The zero-order valence-corrected chi connectivity index (χ0v) is 12.4. The first-order valence-electron chi connectivity index (χ1n) is 6.67. The molecule has 0 aliphatic heterocycles. The Hall–Kier alpha value is -0.510. The summed E-state index contributed by atoms with van der Waals surface area (Å²) in [5.41, 5.74) is 1.34. The topological polar surface area (TPSA) is 32.3 Å². The lowest BCUT2D eigenvalue weighted by atomic mass is 10.0. The number of hydrogen-bond donors (Lipinski definition) is 2. The molecule has 0 spiro atoms. The van der Waals surface area contributed by atoms with Gasteiger partial charge in [0.25, 0.3) is 0 Å². The van der Waals surface area contributed by atoms with Gasteiger partial charge < -0.3 is 10.4 Å². The molecule has 0 heterocycles. The summed E-state index contributed by atoms with van der Waals surface area (Å²) in [6.07, 6.45) is 4.33. The lowest BCUT2D eigenvalue weighted by molar-refractivity contribution is 0.269. The monoisotopic (exact) mass is 267 g/mol. The van der Waals surface area contributed by atoms with Crippen molar-refractivity contribution < 1.29 is 5.11 Å². The molecule has 0 bridgehead atoms. The molecule has 0 aromatic heterocycles. The number of benzene rings is 1. The maximum atomic E-state index is 9.35. The van der Waals surface area contributed by atoms with Crippen LogP contribution in [0.4, 0.5) is 0 Å². The van der Waals surface area contributed by atoms with Crippen molar-refractivity contribution in [3.8, 4) is 0 Å². The van der Waals surface area contributed by atoms with Crippen LogP contribution in [0.1, 0.15) is 38.3 Å². The fourth-order valence-electron chi connectivity index (χ4n) is 2.18. The second-order valence-corrected chi connectivity index (χ2v) is 5.74. The molecule has 1 aromatic carbocycles. The van der Waals surface area contributed by atoms with Crippen LogP contribution in [0, 0.1) is 0 Å². The van der Waals surface area contributed by atoms with E-state index in [2.05, 4.69) is 49.7 Å². The maximum absolute atomic E-state index is 9.35. The zero-order chi connectivity index (χ0) is 13.4. The van der Waals surface area contributed by atoms with Gasteiger partial charge in [0.15, 0.2) is 0 Å². The van der Waals surface area contributed by atoms with Gasteiger partial charge in [0.05, 0.1) is 6.61 Å². The average molecular weight is 267 g/mol. The first kappa shape index (κ1) is 15.5. The van der Waals surface area contributed by atoms with Crippen LogP contribution in [0.2, 0.25) is 0 Å². The van der Waals surface area contributed by atoms with Gasteiger partial charge in [0, 0.05) is 17.3 Å². The maximum Gasteiger partial charge on any atom is 0.0564 e. The van der Waals surface area contributed by atoms with Crippen molar-refractivity contribution in [3.63, 3.8) is 0 Å². The summed E-state index contributed by atoms with van der Waals surface area (Å²) in [4.78, 5) is 0. The minimum absolute atomic E-state index is 0.225. The average Bonchev–Trinajstić information content (AvgIpc) is 2.40. The third-order valence-corrected chi connectivity index (χ3v) is 4.45. The van der Waals surface area contributed by atoms with E-state index in [1.165, 1.54) is 5.56 Å². The van der Waals surface area contributed by atoms with Gasteiger partial charge in [-0.1, -0.05) is 43.7 Å². The summed E-state index contributed by atoms with van der Waals surface area (Å²) in [5, 5.41) is 13.3. The van der Waals surface area contributed by atoms with Crippen molar-refractivity contribution in [2.75, 3.05) is 12.9 Å². The molecule has 1 aromatic rings. The third kappa shape index (κ3) is 4.63. The molecule has 0 aliphatic rings. The van der Waals surface area contributed by atoms with E-state index in [0.717, 1.165) is 12.8 Å². The normalized spacial score (nSPS) is 16.2. The van der Waals surface area contributed by atoms with E-state index in [-0.39, 0.29) is 11.9 Å². The van der Waals surface area contributed by atoms with E-state index in [4.69, 9.17) is 0 Å². The molecule has 0 saturated carbocycles. The first-order chi connectivity index (χ1) is 8.72. The number of aliphatic hydroxyl groups excluding tert-OH is 1. The molecule has 2 nitrogen and oxygen atoms in total. The van der Waals surface area contributed by atoms with E-state index in [0.29, 0.717) is 12.1 Å². The Morgan fingerprint density at radius 1 is 1.28 bits per heavy atom. The predicted molar refractivity (Wildman–Crippen MR) is 81.1 cm³/mol. The Balaban J connectivity index is 2.69. The Morgan fingerprint density at radius 2 is 1.94 bits per heavy atom. The van der Waals surface area contributed by atoms with Crippen molar-refractivity contribution >= 4 is 11.8 Å². The Morgan fingerprint density at radius 3 is 2.44 bits per heavy atom. The number of hydrogen-bond acceptors (Lipinski definition) is 3. The first-order valence-corrected chi connectivity index (χ1v) is 7.96. The van der Waals surface area contributed by atoms with Crippen LogP contribution in [-0.4, -0.2) is 29.3 Å². The predicted octanol–water partition coefficient (Wildman–Crippen LogP) is 3.23. The lowest BCUT2D eigenvalue weighted by Gasteiger charge is -2.27. The lowest BCUT2D eigenvalue weighted by Crippen LogP contribution is -2.39. The molecule has 18 heavy (non-hydrogen) atoms. The van der Waals surface area contributed by atoms with Gasteiger partial charge in [-0.2, -0.15) is 11.8 Å². The van der Waals surface area contributed by atoms with E-state index in [1.807, 2.05) is 6.07 Å². The highest BCUT2D eigenvalue weighted by molar-refractivity contribution is 7.99. The van der Waals surface area contributed by atoms with E-state index in [9.17, 15) is 5.11 Å². The molecule has 1 rings (SSSR count). The highest BCUT2D eigenvalue weighted by Gasteiger charge is 2.19. The fourth-order valence-corrected chi connectivity index (χ4v) is 2.82. The Bertz CT molecular complexity index is 314. The molecular formula is C15H25NOS. The van der Waals surface area contributed by atoms with Crippen molar-refractivity contribution in [3.05, 3.63) is 35.9 Å². The minimum Gasteiger partial charge on any atom is -0.395 e. The molecule has 3 heteroatoms. The summed E-state index contributed by atoms with van der Waals surface area (Å²) in [6.45, 7) is 4.59. The molecule has 0 amide bonds. The van der Waals surface area contributed by atoms with Gasteiger partial charge in [-0.3, -0.25) is 0 Å². The third-order valence-electron chi connectivity index (χ3n) is 3.28. The van der Waals surface area contributed by atoms with Crippen molar-refractivity contribution in [1.29, 1.82) is 0 Å². The molecule has 3 unspecified atom stereocenters. The molecule has 0 fully saturated rings. The molecule has 0 radical (unpaired) electrons. The van der Waals surface area contributed by atoms with Crippen LogP contribution in [-0.2, 0) is 0 Å². The number of aliphatic hydroxyl groups is 1. The fraction of sp³-hybridized carbons (Fsp3) is 0.600. The van der Waals surface area contributed by atoms with Crippen LogP contribution < -0.4 is 5.32 Å². The van der Waals surface area contributed by atoms with Gasteiger partial charge in [0.2, 0.25) is 0 Å². The summed E-state index contributed by atoms with van der Waals surface area (Å²) in [6, 6.07) is 11.3. The number of rotatable bonds is 8. The van der Waals surface area contributed by atoms with E-state index in [1.54, 1.807) is 11.8 Å². The second-order valence-electron chi connectivity index (χ2n) is 4.66. The van der Waals surface area contributed by atoms with Crippen LogP contribution in [0.5, 0.6) is 0 Å². The van der Waals surface area contributed by atoms with Crippen LogP contribution >= 0.6 is 11.8 Å². The molecule has 0 saturated heterocycles. The molecule has 2 N–H and O–H groups in total. The zero-order valence-electron chi connectivity index (χ0n) is 11.6. The van der Waals surface area contributed by atoms with E-state index >= 15 is 0 Å². The molecule has 102 valence electrons. The van der Waals surface area contributed by atoms with Crippen molar-refractivity contribution in [1.82, 2.24) is 5.32 Å². The van der Waals surface area contributed by atoms with Crippen molar-refractivity contribution in [2.24, 2.45) is 0 Å². The molecule has 0 aliphatic carbocycles. The Labute approximate surface area is 115 Å². The van der Waals surface area contributed by atoms with Gasteiger partial charge in [0.1, 0.15) is 0 Å². The number of thioether (sulfide) groups is 1. The highest BCUT2D eigenvalue weighted by Crippen LogP contribution is 2.21.